The molecule has 1 aliphatic carbocycles. The fraction of sp³-hybridized carbons (Fsp3) is 0.450. The molecule has 0 unspecified atom stereocenters. The van der Waals surface area contributed by atoms with Gasteiger partial charge in [0.1, 0.15) is 0 Å². The third-order valence-electron chi connectivity index (χ3n) is 2.96. The summed E-state index contributed by atoms with van der Waals surface area (Å²) < 4.78 is 0. The van der Waals surface area contributed by atoms with Crippen molar-refractivity contribution in [3.63, 3.8) is 0 Å². The first kappa shape index (κ1) is 33.8. The zero-order chi connectivity index (χ0) is 17.3. The molecule has 0 spiro atoms. The van der Waals surface area contributed by atoms with Crippen molar-refractivity contribution in [1.29, 1.82) is 0 Å². The van der Waals surface area contributed by atoms with E-state index in [9.17, 15) is 0 Å². The molecule has 6 heteroatoms. The minimum atomic E-state index is 0. The first-order valence-electron chi connectivity index (χ1n) is 7.99. The van der Waals surface area contributed by atoms with Crippen molar-refractivity contribution in [2.45, 2.75) is 0 Å². The quantitative estimate of drug-likeness (QED) is 0.374. The summed E-state index contributed by atoms with van der Waals surface area (Å²) in [6, 6.07) is 12.5. The molecule has 1 aliphatic rings. The van der Waals surface area contributed by atoms with E-state index in [4.69, 9.17) is 0 Å². The van der Waals surface area contributed by atoms with E-state index in [1.165, 1.54) is 0 Å². The molecule has 137 valence electrons. The molecule has 0 saturated heterocycles. The van der Waals surface area contributed by atoms with Crippen LogP contribution in [0.5, 0.6) is 0 Å². The predicted octanol–water partition coefficient (Wildman–Crippen LogP) is -3.42. The van der Waals surface area contributed by atoms with Crippen LogP contribution in [0.15, 0.2) is 42.5 Å². The van der Waals surface area contributed by atoms with Crippen LogP contribution in [0, 0.1) is 25.3 Å². The van der Waals surface area contributed by atoms with Crippen LogP contribution in [0.2, 0.25) is 0 Å². The van der Waals surface area contributed by atoms with Gasteiger partial charge in [-0.2, -0.15) is 36.4 Å². The van der Waals surface area contributed by atoms with Crippen molar-refractivity contribution in [1.82, 2.24) is 14.7 Å². The maximum absolute atomic E-state index is 2.89. The molecule has 3 nitrogen and oxygen atoms in total. The van der Waals surface area contributed by atoms with Gasteiger partial charge in [-0.15, -0.1) is 0 Å². The second kappa shape index (κ2) is 25.3. The van der Waals surface area contributed by atoms with E-state index in [0.29, 0.717) is 0 Å². The molecule has 0 heterocycles. The largest absolute Gasteiger partial charge is 1.00 e. The zero-order valence-electron chi connectivity index (χ0n) is 17.7. The van der Waals surface area contributed by atoms with Crippen molar-refractivity contribution in [3.8, 4) is 0 Å². The SMILES string of the molecule is CN(C)CCN(C)CCN(C)C.[C-]1[CH][CH-]C=C1.[Li+].[Li+].[Mn].[c-]1ccccc1. The number of hydrogen-bond acceptors (Lipinski definition) is 3. The summed E-state index contributed by atoms with van der Waals surface area (Å²) in [5, 5.41) is 0. The Morgan fingerprint density at radius 1 is 0.769 bits per heavy atom. The van der Waals surface area contributed by atoms with Crippen LogP contribution in [0.1, 0.15) is 0 Å². The van der Waals surface area contributed by atoms with E-state index in [2.05, 4.69) is 62.4 Å². The van der Waals surface area contributed by atoms with E-state index in [1.54, 1.807) is 0 Å². The van der Waals surface area contributed by atoms with E-state index >= 15 is 0 Å². The molecule has 0 saturated carbocycles. The van der Waals surface area contributed by atoms with Gasteiger partial charge in [0.25, 0.3) is 0 Å². The molecule has 0 bridgehead atoms. The summed E-state index contributed by atoms with van der Waals surface area (Å²) in [6.45, 7) is 4.59. The van der Waals surface area contributed by atoms with Crippen molar-refractivity contribution in [2.24, 2.45) is 0 Å². The Morgan fingerprint density at radius 2 is 1.27 bits per heavy atom. The fourth-order valence-corrected chi connectivity index (χ4v) is 1.47. The van der Waals surface area contributed by atoms with Gasteiger partial charge in [0.05, 0.1) is 0 Å². The number of likely N-dealkylation sites (N-methyl/N-ethyl adjacent to an activating group) is 3. The van der Waals surface area contributed by atoms with Gasteiger partial charge in [-0.3, -0.25) is 0 Å². The van der Waals surface area contributed by atoms with Crippen LogP contribution >= 0.6 is 0 Å². The number of allylic oxidation sites excluding steroid dienone is 2. The first-order chi connectivity index (χ1) is 11.0. The molecule has 0 atom stereocenters. The van der Waals surface area contributed by atoms with Crippen LogP contribution < -0.4 is 37.7 Å². The maximum atomic E-state index is 2.89. The van der Waals surface area contributed by atoms with E-state index in [-0.39, 0.29) is 54.8 Å². The topological polar surface area (TPSA) is 9.72 Å². The molecule has 0 aliphatic heterocycles. The number of nitrogens with zero attached hydrogens (tertiary/aromatic N) is 3. The molecule has 0 fully saturated rings. The Kier molecular flexibility index (Phi) is 32.9. The van der Waals surface area contributed by atoms with Crippen LogP contribution in [0.3, 0.4) is 0 Å². The summed E-state index contributed by atoms with van der Waals surface area (Å²) in [5.41, 5.74) is 0. The second-order valence-electron chi connectivity index (χ2n) is 5.87. The molecule has 0 aromatic heterocycles. The Hall–Kier alpha value is 0.294. The van der Waals surface area contributed by atoms with Gasteiger partial charge in [0, 0.05) is 43.2 Å². The summed E-state index contributed by atoms with van der Waals surface area (Å²) in [6.07, 6.45) is 10.5. The standard InChI is InChI=1S/C9H23N3.C6H5.C5H4.2Li.Mn/c1-10(2)6-8-12(5)9-7-11(3)4;1-2-4-6-5-3-1;1-2-4-5-3-1;;;/h6-9H2,1-5H3;1-5H;1-4H;;;/q;-1;-2;2*+1;. The van der Waals surface area contributed by atoms with E-state index in [0.717, 1.165) is 26.2 Å². The summed E-state index contributed by atoms with van der Waals surface area (Å²) in [7, 11) is 10.6. The van der Waals surface area contributed by atoms with Gasteiger partial charge in [-0.05, 0) is 35.2 Å². The third kappa shape index (κ3) is 29.1. The summed E-state index contributed by atoms with van der Waals surface area (Å²) in [5.74, 6) is 0. The number of benzene rings is 1. The van der Waals surface area contributed by atoms with Gasteiger partial charge in [0.15, 0.2) is 0 Å². The maximum Gasteiger partial charge on any atom is 1.00 e. The average molecular weight is 383 g/mol. The van der Waals surface area contributed by atoms with Crippen LogP contribution in [0.4, 0.5) is 0 Å². The number of rotatable bonds is 6. The van der Waals surface area contributed by atoms with Gasteiger partial charge in [0.2, 0.25) is 0 Å². The molecule has 1 aromatic rings. The minimum Gasteiger partial charge on any atom is -0.391 e. The third-order valence-corrected chi connectivity index (χ3v) is 2.96. The summed E-state index contributed by atoms with van der Waals surface area (Å²) >= 11 is 0. The summed E-state index contributed by atoms with van der Waals surface area (Å²) in [4.78, 5) is 6.79. The molecular weight excluding hydrogens is 351 g/mol. The van der Waals surface area contributed by atoms with Crippen molar-refractivity contribution >= 4 is 0 Å². The van der Waals surface area contributed by atoms with Crippen LogP contribution in [-0.4, -0.2) is 76.1 Å². The second-order valence-corrected chi connectivity index (χ2v) is 5.87. The van der Waals surface area contributed by atoms with Gasteiger partial charge in [-0.1, -0.05) is 0 Å². The van der Waals surface area contributed by atoms with E-state index < -0.39 is 0 Å². The Labute approximate surface area is 197 Å². The Morgan fingerprint density at radius 3 is 1.46 bits per heavy atom. The van der Waals surface area contributed by atoms with Gasteiger partial charge in [-0.25, -0.2) is 6.42 Å². The minimum absolute atomic E-state index is 0. The Balaban J connectivity index is -0.000000146. The Bertz CT molecular complexity index is 332. The normalized spacial score (nSPS) is 10.8. The van der Waals surface area contributed by atoms with Crippen LogP contribution in [-0.2, 0) is 17.1 Å². The molecule has 0 amide bonds. The zero-order valence-corrected chi connectivity index (χ0v) is 18.9. The number of hydrogen-bond donors (Lipinski definition) is 0. The van der Waals surface area contributed by atoms with Gasteiger partial charge >= 0.3 is 37.7 Å². The molecule has 0 N–H and O–H groups in total. The molecule has 1 aromatic carbocycles. The average Bonchev–Trinajstić information content (AvgIpc) is 3.13. The smallest absolute Gasteiger partial charge is 0.391 e. The fourth-order valence-electron chi connectivity index (χ4n) is 1.47. The van der Waals surface area contributed by atoms with Crippen molar-refractivity contribution < 1.29 is 54.8 Å². The van der Waals surface area contributed by atoms with Gasteiger partial charge < -0.3 is 39.7 Å². The predicted molar refractivity (Wildman–Crippen MR) is 101 cm³/mol. The monoisotopic (exact) mass is 383 g/mol. The van der Waals surface area contributed by atoms with E-state index in [1.807, 2.05) is 55.3 Å². The van der Waals surface area contributed by atoms with Crippen molar-refractivity contribution in [3.05, 3.63) is 67.8 Å². The molecular formula is C20H32Li2MnN3-. The molecule has 3 radical (unpaired) electrons. The molecule has 26 heavy (non-hydrogen) atoms. The van der Waals surface area contributed by atoms with Crippen molar-refractivity contribution in [2.75, 3.05) is 61.4 Å². The molecule has 2 rings (SSSR count). The first-order valence-corrected chi connectivity index (χ1v) is 7.99. The van der Waals surface area contributed by atoms with Crippen LogP contribution in [0.25, 0.3) is 0 Å².